The zero-order valence-electron chi connectivity index (χ0n) is 11.6. The van der Waals surface area contributed by atoms with Crippen LogP contribution in [-0.2, 0) is 14.3 Å². The molecule has 1 N–H and O–H groups in total. The van der Waals surface area contributed by atoms with Crippen LogP contribution in [0.15, 0.2) is 36.4 Å². The molecule has 6 nitrogen and oxygen atoms in total. The van der Waals surface area contributed by atoms with E-state index in [1.807, 2.05) is 0 Å². The van der Waals surface area contributed by atoms with Crippen molar-refractivity contribution in [1.82, 2.24) is 0 Å². The minimum atomic E-state index is -1.06. The van der Waals surface area contributed by atoms with Crippen LogP contribution in [0.5, 0.6) is 0 Å². The van der Waals surface area contributed by atoms with Crippen LogP contribution < -0.4 is 0 Å². The molecule has 0 unspecified atom stereocenters. The SMILES string of the molecule is CC=CC(=O)OCCCOC(=O)c1ccc(C(=O)O)cc1. The van der Waals surface area contributed by atoms with E-state index in [0.717, 1.165) is 0 Å². The van der Waals surface area contributed by atoms with Gasteiger partial charge in [-0.2, -0.15) is 0 Å². The number of benzene rings is 1. The molecule has 0 radical (unpaired) electrons. The van der Waals surface area contributed by atoms with Gasteiger partial charge in [-0.25, -0.2) is 14.4 Å². The average molecular weight is 292 g/mol. The second-order valence-electron chi connectivity index (χ2n) is 4.04. The quantitative estimate of drug-likeness (QED) is 0.470. The number of carbonyl (C=O) groups is 3. The van der Waals surface area contributed by atoms with Crippen LogP contribution in [0.3, 0.4) is 0 Å². The van der Waals surface area contributed by atoms with E-state index in [1.165, 1.54) is 30.3 Å². The summed E-state index contributed by atoms with van der Waals surface area (Å²) in [5.41, 5.74) is 0.369. The van der Waals surface area contributed by atoms with Gasteiger partial charge in [-0.15, -0.1) is 0 Å². The summed E-state index contributed by atoms with van der Waals surface area (Å²) in [5, 5.41) is 8.74. The van der Waals surface area contributed by atoms with E-state index >= 15 is 0 Å². The molecule has 112 valence electrons. The largest absolute Gasteiger partial charge is 0.478 e. The molecule has 0 aliphatic carbocycles. The van der Waals surface area contributed by atoms with Gasteiger partial charge < -0.3 is 14.6 Å². The molecule has 6 heteroatoms. The standard InChI is InChI=1S/C15H16O6/c1-2-4-13(16)20-9-3-10-21-15(19)12-7-5-11(6-8-12)14(17)18/h2,4-8H,3,9-10H2,1H3,(H,17,18). The zero-order valence-corrected chi connectivity index (χ0v) is 11.6. The van der Waals surface area contributed by atoms with E-state index < -0.39 is 17.9 Å². The highest BCUT2D eigenvalue weighted by Crippen LogP contribution is 2.06. The third-order valence-electron chi connectivity index (χ3n) is 2.44. The predicted octanol–water partition coefficient (Wildman–Crippen LogP) is 2.05. The predicted molar refractivity (Wildman–Crippen MR) is 74.1 cm³/mol. The zero-order chi connectivity index (χ0) is 15.7. The Morgan fingerprint density at radius 3 is 2.19 bits per heavy atom. The Morgan fingerprint density at radius 1 is 1.05 bits per heavy atom. The second-order valence-corrected chi connectivity index (χ2v) is 4.04. The summed E-state index contributed by atoms with van der Waals surface area (Å²) in [5.74, 6) is -2.04. The van der Waals surface area contributed by atoms with Gasteiger partial charge in [0.2, 0.25) is 0 Å². The van der Waals surface area contributed by atoms with Crippen molar-refractivity contribution in [3.05, 3.63) is 47.5 Å². The highest BCUT2D eigenvalue weighted by molar-refractivity contribution is 5.92. The van der Waals surface area contributed by atoms with Crippen LogP contribution in [0, 0.1) is 0 Å². The molecule has 0 spiro atoms. The van der Waals surface area contributed by atoms with Crippen molar-refractivity contribution < 1.29 is 29.0 Å². The second kappa shape index (κ2) is 8.52. The average Bonchev–Trinajstić information content (AvgIpc) is 2.47. The lowest BCUT2D eigenvalue weighted by molar-refractivity contribution is -0.138. The molecule has 0 saturated carbocycles. The Hall–Kier alpha value is -2.63. The molecule has 21 heavy (non-hydrogen) atoms. The molecule has 1 aromatic rings. The summed E-state index contributed by atoms with van der Waals surface area (Å²) in [6, 6.07) is 5.44. The molecule has 0 atom stereocenters. The molecule has 0 aliphatic rings. The lowest BCUT2D eigenvalue weighted by Gasteiger charge is -2.05. The summed E-state index contributed by atoms with van der Waals surface area (Å²) >= 11 is 0. The van der Waals surface area contributed by atoms with Crippen molar-refractivity contribution in [2.24, 2.45) is 0 Å². The van der Waals surface area contributed by atoms with Crippen molar-refractivity contribution in [2.45, 2.75) is 13.3 Å². The number of carboxylic acid groups (broad SMARTS) is 1. The van der Waals surface area contributed by atoms with Gasteiger partial charge >= 0.3 is 17.9 Å². The van der Waals surface area contributed by atoms with Gasteiger partial charge in [0.15, 0.2) is 0 Å². The van der Waals surface area contributed by atoms with E-state index in [9.17, 15) is 14.4 Å². The number of hydrogen-bond acceptors (Lipinski definition) is 5. The van der Waals surface area contributed by atoms with E-state index in [4.69, 9.17) is 14.6 Å². The summed E-state index contributed by atoms with van der Waals surface area (Å²) < 4.78 is 9.80. The molecule has 0 aromatic heterocycles. The van der Waals surface area contributed by atoms with E-state index in [0.29, 0.717) is 6.42 Å². The Bertz CT molecular complexity index is 530. The monoisotopic (exact) mass is 292 g/mol. The van der Waals surface area contributed by atoms with E-state index in [2.05, 4.69) is 0 Å². The van der Waals surface area contributed by atoms with Gasteiger partial charge in [0.1, 0.15) is 0 Å². The molecule has 1 aromatic carbocycles. The van der Waals surface area contributed by atoms with Gasteiger partial charge in [0.25, 0.3) is 0 Å². The summed E-state index contributed by atoms with van der Waals surface area (Å²) in [6.45, 7) is 1.98. The molecule has 0 heterocycles. The maximum absolute atomic E-state index is 11.6. The van der Waals surface area contributed by atoms with Crippen molar-refractivity contribution >= 4 is 17.9 Å². The first-order chi connectivity index (χ1) is 10.0. The fourth-order valence-corrected chi connectivity index (χ4v) is 1.41. The minimum Gasteiger partial charge on any atom is -0.478 e. The first-order valence-electron chi connectivity index (χ1n) is 6.34. The number of allylic oxidation sites excluding steroid dienone is 1. The van der Waals surface area contributed by atoms with Gasteiger partial charge in [-0.05, 0) is 31.2 Å². The van der Waals surface area contributed by atoms with Crippen molar-refractivity contribution in [1.29, 1.82) is 0 Å². The van der Waals surface area contributed by atoms with Crippen LogP contribution >= 0.6 is 0 Å². The number of hydrogen-bond donors (Lipinski definition) is 1. The number of aromatic carboxylic acids is 1. The van der Waals surface area contributed by atoms with Gasteiger partial charge in [-0.3, -0.25) is 0 Å². The van der Waals surface area contributed by atoms with Crippen LogP contribution in [0.1, 0.15) is 34.1 Å². The highest BCUT2D eigenvalue weighted by atomic mass is 16.5. The molecule has 0 bridgehead atoms. The number of carbonyl (C=O) groups excluding carboxylic acids is 2. The maximum atomic E-state index is 11.6. The Labute approximate surface area is 122 Å². The number of esters is 2. The number of rotatable bonds is 7. The summed E-state index contributed by atoms with van der Waals surface area (Å²) in [6.07, 6.45) is 3.27. The van der Waals surface area contributed by atoms with Crippen LogP contribution in [0.2, 0.25) is 0 Å². The van der Waals surface area contributed by atoms with Crippen LogP contribution in [0.25, 0.3) is 0 Å². The first-order valence-corrected chi connectivity index (χ1v) is 6.34. The number of ether oxygens (including phenoxy) is 2. The van der Waals surface area contributed by atoms with Gasteiger partial charge in [0, 0.05) is 12.5 Å². The Kier molecular flexibility index (Phi) is 6.67. The maximum Gasteiger partial charge on any atom is 0.338 e. The molecule has 0 amide bonds. The third kappa shape index (κ3) is 5.90. The topological polar surface area (TPSA) is 89.9 Å². The van der Waals surface area contributed by atoms with Crippen LogP contribution in [-0.4, -0.2) is 36.2 Å². The Morgan fingerprint density at radius 2 is 1.62 bits per heavy atom. The van der Waals surface area contributed by atoms with Crippen molar-refractivity contribution in [3.63, 3.8) is 0 Å². The lowest BCUT2D eigenvalue weighted by Crippen LogP contribution is -2.10. The minimum absolute atomic E-state index is 0.0995. The molecule has 1 rings (SSSR count). The smallest absolute Gasteiger partial charge is 0.338 e. The fourth-order valence-electron chi connectivity index (χ4n) is 1.41. The normalized spacial score (nSPS) is 10.3. The highest BCUT2D eigenvalue weighted by Gasteiger charge is 2.09. The van der Waals surface area contributed by atoms with Crippen molar-refractivity contribution in [2.75, 3.05) is 13.2 Å². The lowest BCUT2D eigenvalue weighted by atomic mass is 10.1. The Balaban J connectivity index is 2.30. The van der Waals surface area contributed by atoms with Gasteiger partial charge in [0.05, 0.1) is 24.3 Å². The molecule has 0 fully saturated rings. The van der Waals surface area contributed by atoms with Crippen molar-refractivity contribution in [3.8, 4) is 0 Å². The molecule has 0 aliphatic heterocycles. The molecule has 0 saturated heterocycles. The summed E-state index contributed by atoms with van der Waals surface area (Å²) in [7, 11) is 0. The summed E-state index contributed by atoms with van der Waals surface area (Å²) in [4.78, 5) is 33.3. The van der Waals surface area contributed by atoms with Crippen LogP contribution in [0.4, 0.5) is 0 Å². The molecular formula is C15H16O6. The first kappa shape index (κ1) is 16.4. The number of carboxylic acids is 1. The van der Waals surface area contributed by atoms with E-state index in [1.54, 1.807) is 13.0 Å². The van der Waals surface area contributed by atoms with E-state index in [-0.39, 0.29) is 24.3 Å². The van der Waals surface area contributed by atoms with Gasteiger partial charge in [-0.1, -0.05) is 6.08 Å². The fraction of sp³-hybridized carbons (Fsp3) is 0.267. The third-order valence-corrected chi connectivity index (χ3v) is 2.44. The molecular weight excluding hydrogens is 276 g/mol.